The number of alkyl carbamates (subject to hydrolysis) is 1. The highest BCUT2D eigenvalue weighted by molar-refractivity contribution is 5.82. The van der Waals surface area contributed by atoms with Crippen LogP contribution in [0.2, 0.25) is 0 Å². The van der Waals surface area contributed by atoms with Gasteiger partial charge in [0.25, 0.3) is 0 Å². The molecule has 1 saturated heterocycles. The third-order valence-corrected chi connectivity index (χ3v) is 3.88. The van der Waals surface area contributed by atoms with Gasteiger partial charge < -0.3 is 20.1 Å². The first-order valence-electron chi connectivity index (χ1n) is 8.04. The first-order chi connectivity index (χ1) is 10.5. The number of aliphatic carboxylic acids is 1. The van der Waals surface area contributed by atoms with Crippen molar-refractivity contribution in [3.63, 3.8) is 0 Å². The van der Waals surface area contributed by atoms with Crippen LogP contribution in [0.3, 0.4) is 0 Å². The fraction of sp³-hybridized carbons (Fsp3) is 0.812. The summed E-state index contributed by atoms with van der Waals surface area (Å²) in [6, 6.07) is -0.777. The number of carboxylic acid groups (broad SMARTS) is 1. The van der Waals surface area contributed by atoms with E-state index < -0.39 is 23.7 Å². The van der Waals surface area contributed by atoms with Gasteiger partial charge in [-0.3, -0.25) is 4.79 Å². The summed E-state index contributed by atoms with van der Waals surface area (Å²) < 4.78 is 5.05. The van der Waals surface area contributed by atoms with Crippen LogP contribution in [0, 0.1) is 0 Å². The van der Waals surface area contributed by atoms with Crippen molar-refractivity contribution in [3.05, 3.63) is 0 Å². The largest absolute Gasteiger partial charge is 0.480 e. The minimum atomic E-state index is -1.17. The van der Waals surface area contributed by atoms with Crippen molar-refractivity contribution < 1.29 is 24.2 Å². The van der Waals surface area contributed by atoms with Gasteiger partial charge >= 0.3 is 12.1 Å². The molecule has 1 rings (SSSR count). The molecule has 1 aliphatic rings. The van der Waals surface area contributed by atoms with Crippen molar-refractivity contribution >= 4 is 18.0 Å². The second kappa shape index (κ2) is 7.66. The number of carbonyl (C=O) groups is 3. The lowest BCUT2D eigenvalue weighted by molar-refractivity contribution is -0.140. The summed E-state index contributed by atoms with van der Waals surface area (Å²) in [5.74, 6) is -1.24. The van der Waals surface area contributed by atoms with Crippen molar-refractivity contribution in [1.29, 1.82) is 0 Å². The number of rotatable bonds is 5. The summed E-state index contributed by atoms with van der Waals surface area (Å²) in [6.45, 7) is 9.08. The minimum Gasteiger partial charge on any atom is -0.480 e. The third kappa shape index (κ3) is 6.08. The molecule has 0 spiro atoms. The fourth-order valence-corrected chi connectivity index (χ4v) is 2.79. The number of hydrogen-bond acceptors (Lipinski definition) is 4. The zero-order valence-electron chi connectivity index (χ0n) is 14.6. The average Bonchev–Trinajstić information content (AvgIpc) is 2.71. The maximum atomic E-state index is 12.3. The van der Waals surface area contributed by atoms with Gasteiger partial charge in [-0.15, -0.1) is 0 Å². The summed E-state index contributed by atoms with van der Waals surface area (Å²) in [5, 5.41) is 11.5. The Kier molecular flexibility index (Phi) is 6.41. The van der Waals surface area contributed by atoms with Crippen LogP contribution < -0.4 is 5.32 Å². The van der Waals surface area contributed by atoms with Crippen LogP contribution in [0.25, 0.3) is 0 Å². The zero-order valence-corrected chi connectivity index (χ0v) is 14.6. The number of carbonyl (C=O) groups excluding carboxylic acids is 2. The molecule has 0 aliphatic carbocycles. The van der Waals surface area contributed by atoms with Crippen LogP contribution in [0.4, 0.5) is 4.79 Å². The molecule has 0 aromatic rings. The monoisotopic (exact) mass is 328 g/mol. The number of likely N-dealkylation sites (tertiary alicyclic amines) is 1. The molecular formula is C16H28N2O5. The van der Waals surface area contributed by atoms with E-state index in [0.29, 0.717) is 0 Å². The van der Waals surface area contributed by atoms with E-state index in [-0.39, 0.29) is 30.8 Å². The molecule has 1 heterocycles. The molecule has 0 aromatic heterocycles. The number of amides is 2. The molecule has 23 heavy (non-hydrogen) atoms. The van der Waals surface area contributed by atoms with Gasteiger partial charge in [-0.1, -0.05) is 0 Å². The lowest BCUT2D eigenvalue weighted by atomic mass is 10.1. The predicted molar refractivity (Wildman–Crippen MR) is 85.0 cm³/mol. The fourth-order valence-electron chi connectivity index (χ4n) is 2.79. The van der Waals surface area contributed by atoms with Gasteiger partial charge in [-0.25, -0.2) is 9.59 Å². The van der Waals surface area contributed by atoms with Gasteiger partial charge in [-0.2, -0.15) is 0 Å². The van der Waals surface area contributed by atoms with Crippen LogP contribution in [-0.4, -0.2) is 51.7 Å². The second-order valence-electron chi connectivity index (χ2n) is 7.15. The van der Waals surface area contributed by atoms with Crippen molar-refractivity contribution in [1.82, 2.24) is 10.2 Å². The molecule has 1 fully saturated rings. The highest BCUT2D eigenvalue weighted by Gasteiger charge is 2.32. The molecule has 0 aromatic carbocycles. The maximum Gasteiger partial charge on any atom is 0.408 e. The topological polar surface area (TPSA) is 95.9 Å². The summed E-state index contributed by atoms with van der Waals surface area (Å²) in [5.41, 5.74) is -0.705. The lowest BCUT2D eigenvalue weighted by Gasteiger charge is -2.27. The Balaban J connectivity index is 2.55. The van der Waals surface area contributed by atoms with E-state index in [9.17, 15) is 19.5 Å². The Bertz CT molecular complexity index is 448. The normalized spacial score (nSPS) is 22.6. The van der Waals surface area contributed by atoms with E-state index in [1.807, 2.05) is 18.7 Å². The van der Waals surface area contributed by atoms with Gasteiger partial charge in [0.2, 0.25) is 5.91 Å². The molecular weight excluding hydrogens is 300 g/mol. The molecule has 0 bridgehead atoms. The molecule has 3 atom stereocenters. The SMILES string of the molecule is CC1CCC(C)N1C(=O)CC[C@@H](NC(=O)OC(C)(C)C)C(=O)O. The Morgan fingerprint density at radius 2 is 1.74 bits per heavy atom. The van der Waals surface area contributed by atoms with Crippen molar-refractivity contribution in [2.24, 2.45) is 0 Å². The van der Waals surface area contributed by atoms with Gasteiger partial charge in [0, 0.05) is 18.5 Å². The predicted octanol–water partition coefficient (Wildman–Crippen LogP) is 2.14. The summed E-state index contributed by atoms with van der Waals surface area (Å²) in [4.78, 5) is 37.1. The summed E-state index contributed by atoms with van der Waals surface area (Å²) >= 11 is 0. The van der Waals surface area contributed by atoms with Gasteiger partial charge in [0.1, 0.15) is 11.6 Å². The van der Waals surface area contributed by atoms with Crippen molar-refractivity contribution in [2.75, 3.05) is 0 Å². The third-order valence-electron chi connectivity index (χ3n) is 3.88. The van der Waals surface area contributed by atoms with E-state index >= 15 is 0 Å². The van der Waals surface area contributed by atoms with E-state index in [0.717, 1.165) is 12.8 Å². The Hall–Kier alpha value is -1.79. The number of hydrogen-bond donors (Lipinski definition) is 2. The zero-order chi connectivity index (χ0) is 17.8. The molecule has 7 heteroatoms. The molecule has 7 nitrogen and oxygen atoms in total. The number of carboxylic acids is 1. The molecule has 2 amide bonds. The second-order valence-corrected chi connectivity index (χ2v) is 7.15. The van der Waals surface area contributed by atoms with E-state index in [1.54, 1.807) is 20.8 Å². The lowest BCUT2D eigenvalue weighted by Crippen LogP contribution is -2.45. The van der Waals surface area contributed by atoms with Crippen molar-refractivity contribution in [2.45, 2.75) is 84.0 Å². The molecule has 132 valence electrons. The molecule has 0 saturated carbocycles. The summed E-state index contributed by atoms with van der Waals surface area (Å²) in [7, 11) is 0. The van der Waals surface area contributed by atoms with E-state index in [4.69, 9.17) is 4.74 Å². The van der Waals surface area contributed by atoms with Crippen LogP contribution in [0.5, 0.6) is 0 Å². The van der Waals surface area contributed by atoms with Crippen molar-refractivity contribution in [3.8, 4) is 0 Å². The van der Waals surface area contributed by atoms with Crippen LogP contribution in [-0.2, 0) is 14.3 Å². The Morgan fingerprint density at radius 1 is 1.22 bits per heavy atom. The first kappa shape index (κ1) is 19.3. The quantitative estimate of drug-likeness (QED) is 0.806. The average molecular weight is 328 g/mol. The van der Waals surface area contributed by atoms with E-state index in [2.05, 4.69) is 5.32 Å². The number of nitrogens with one attached hydrogen (secondary N) is 1. The molecule has 0 radical (unpaired) electrons. The minimum absolute atomic E-state index is 0.0450. The highest BCUT2D eigenvalue weighted by Crippen LogP contribution is 2.24. The first-order valence-corrected chi connectivity index (χ1v) is 8.04. The van der Waals surface area contributed by atoms with Gasteiger partial charge in [-0.05, 0) is 53.9 Å². The standard InChI is InChI=1S/C16H28N2O5/c1-10-6-7-11(2)18(10)13(19)9-8-12(14(20)21)17-15(22)23-16(3,4)5/h10-12H,6-9H2,1-5H3,(H,17,22)(H,20,21)/t10?,11?,12-/m1/s1. The van der Waals surface area contributed by atoms with Gasteiger partial charge in [0.05, 0.1) is 0 Å². The van der Waals surface area contributed by atoms with Gasteiger partial charge in [0.15, 0.2) is 0 Å². The Labute approximate surface area is 137 Å². The van der Waals surface area contributed by atoms with Crippen LogP contribution >= 0.6 is 0 Å². The van der Waals surface area contributed by atoms with E-state index in [1.165, 1.54) is 0 Å². The van der Waals surface area contributed by atoms with Crippen LogP contribution in [0.15, 0.2) is 0 Å². The molecule has 2 N–H and O–H groups in total. The number of nitrogens with zero attached hydrogens (tertiary/aromatic N) is 1. The summed E-state index contributed by atoms with van der Waals surface area (Å²) in [6.07, 6.45) is 1.27. The van der Waals surface area contributed by atoms with Crippen LogP contribution in [0.1, 0.15) is 60.3 Å². The Morgan fingerprint density at radius 3 is 2.17 bits per heavy atom. The highest BCUT2D eigenvalue weighted by atomic mass is 16.6. The smallest absolute Gasteiger partial charge is 0.408 e. The number of ether oxygens (including phenoxy) is 1. The molecule has 1 aliphatic heterocycles. The molecule has 2 unspecified atom stereocenters. The maximum absolute atomic E-state index is 12.3.